The molecule has 0 amide bonds. The number of carboxylic acid groups (broad SMARTS) is 1. The van der Waals surface area contributed by atoms with E-state index >= 15 is 0 Å². The fourth-order valence-corrected chi connectivity index (χ4v) is 3.73. The van der Waals surface area contributed by atoms with Crippen LogP contribution in [0.1, 0.15) is 23.6 Å². The summed E-state index contributed by atoms with van der Waals surface area (Å²) in [6.45, 7) is 1.08. The molecule has 2 nitrogen and oxygen atoms in total. The summed E-state index contributed by atoms with van der Waals surface area (Å²) in [5.74, 6) is -0.833. The van der Waals surface area contributed by atoms with Gasteiger partial charge >= 0.3 is 0 Å². The van der Waals surface area contributed by atoms with Gasteiger partial charge in [0.1, 0.15) is 0 Å². The molecular weight excluding hydrogens is 327 g/mol. The van der Waals surface area contributed by atoms with E-state index in [1.807, 2.05) is 0 Å². The molecule has 1 N–H and O–H groups in total. The molecule has 0 radical (unpaired) electrons. The summed E-state index contributed by atoms with van der Waals surface area (Å²) in [6.07, 6.45) is 0.949. The lowest BCUT2D eigenvalue weighted by Gasteiger charge is -2.35. The van der Waals surface area contributed by atoms with Gasteiger partial charge in [0.15, 0.2) is 0 Å². The zero-order valence-electron chi connectivity index (χ0n) is 14.3. The molecule has 128 valence electrons. The molecule has 0 saturated heterocycles. The smallest absolute Gasteiger partial charge is 0.300 e. The first kappa shape index (κ1) is 18.9. The van der Waals surface area contributed by atoms with Gasteiger partial charge in [-0.1, -0.05) is 91.0 Å². The fourth-order valence-electron chi connectivity index (χ4n) is 3.02. The first-order chi connectivity index (χ1) is 12.1. The maximum Gasteiger partial charge on any atom is 0.300 e. The van der Waals surface area contributed by atoms with Crippen LogP contribution in [-0.2, 0) is 10.2 Å². The van der Waals surface area contributed by atoms with Gasteiger partial charge in [-0.05, 0) is 22.9 Å². The van der Waals surface area contributed by atoms with Crippen molar-refractivity contribution in [2.24, 2.45) is 0 Å². The minimum Gasteiger partial charge on any atom is -0.481 e. The Kier molecular flexibility index (Phi) is 6.91. The molecule has 0 saturated carbocycles. The monoisotopic (exact) mass is 350 g/mol. The maximum absolute atomic E-state index is 9.00. The molecule has 0 heterocycles. The van der Waals surface area contributed by atoms with Crippen molar-refractivity contribution in [3.05, 3.63) is 108 Å². The van der Waals surface area contributed by atoms with Crippen molar-refractivity contribution in [2.45, 2.75) is 12.3 Å². The Labute approximate surface area is 151 Å². The van der Waals surface area contributed by atoms with E-state index < -0.39 is 5.97 Å². The highest BCUT2D eigenvalue weighted by Crippen LogP contribution is 2.40. The van der Waals surface area contributed by atoms with Gasteiger partial charge in [0.2, 0.25) is 0 Å². The summed E-state index contributed by atoms with van der Waals surface area (Å²) in [4.78, 5) is 9.00. The fraction of sp³-hybridized carbons (Fsp3) is 0.136. The highest BCUT2D eigenvalue weighted by molar-refractivity contribution is 7.16. The lowest BCUT2D eigenvalue weighted by molar-refractivity contribution is -0.134. The van der Waals surface area contributed by atoms with Gasteiger partial charge < -0.3 is 5.11 Å². The molecule has 1 atom stereocenters. The molecule has 3 rings (SSSR count). The molecule has 0 fully saturated rings. The molecule has 1 unspecified atom stereocenters. The highest BCUT2D eigenvalue weighted by atomic mass is 31.0. The van der Waals surface area contributed by atoms with Crippen LogP contribution in [0.25, 0.3) is 0 Å². The van der Waals surface area contributed by atoms with Crippen LogP contribution in [0.15, 0.2) is 91.0 Å². The summed E-state index contributed by atoms with van der Waals surface area (Å²) in [5.41, 5.74) is 3.88. The third kappa shape index (κ3) is 4.55. The maximum atomic E-state index is 9.00. The Bertz CT molecular complexity index is 670. The van der Waals surface area contributed by atoms with Gasteiger partial charge in [-0.3, -0.25) is 4.79 Å². The molecule has 0 aliphatic heterocycles. The lowest BCUT2D eigenvalue weighted by Crippen LogP contribution is -2.31. The second-order valence-corrected chi connectivity index (χ2v) is 6.13. The Balaban J connectivity index is 0.000000511. The molecule has 25 heavy (non-hydrogen) atoms. The number of aliphatic carboxylic acids is 1. The van der Waals surface area contributed by atoms with Crippen LogP contribution >= 0.6 is 9.24 Å². The third-order valence-corrected chi connectivity index (χ3v) is 4.72. The standard InChI is InChI=1S/C20H19P.C2H4O2/c21-16-20(17-10-4-1-5-11-17,18-12-6-2-7-13-18)19-14-8-3-9-15-19;1-2(3)4/h1-15H,16,21H2;1H3,(H,3,4). The highest BCUT2D eigenvalue weighted by Gasteiger charge is 2.34. The zero-order valence-corrected chi connectivity index (χ0v) is 15.5. The minimum atomic E-state index is -0.833. The number of carbonyl (C=O) groups is 1. The first-order valence-corrected chi connectivity index (χ1v) is 8.99. The van der Waals surface area contributed by atoms with E-state index in [9.17, 15) is 0 Å². The minimum absolute atomic E-state index is 0.117. The largest absolute Gasteiger partial charge is 0.481 e. The average molecular weight is 350 g/mol. The van der Waals surface area contributed by atoms with Gasteiger partial charge in [-0.2, -0.15) is 0 Å². The predicted molar refractivity (Wildman–Crippen MR) is 107 cm³/mol. The predicted octanol–water partition coefficient (Wildman–Crippen LogP) is 4.99. The van der Waals surface area contributed by atoms with Crippen LogP contribution < -0.4 is 0 Å². The van der Waals surface area contributed by atoms with Crippen LogP contribution in [0.4, 0.5) is 0 Å². The first-order valence-electron chi connectivity index (χ1n) is 8.17. The van der Waals surface area contributed by atoms with E-state index in [1.165, 1.54) is 16.7 Å². The van der Waals surface area contributed by atoms with E-state index in [1.54, 1.807) is 0 Å². The van der Waals surface area contributed by atoms with Gasteiger partial charge in [0.25, 0.3) is 5.97 Å². The van der Waals surface area contributed by atoms with Gasteiger partial charge in [-0.25, -0.2) is 0 Å². The number of benzene rings is 3. The molecule has 0 bridgehead atoms. The van der Waals surface area contributed by atoms with E-state index in [0.29, 0.717) is 0 Å². The van der Waals surface area contributed by atoms with E-state index in [-0.39, 0.29) is 5.41 Å². The van der Waals surface area contributed by atoms with Gasteiger partial charge in [0.05, 0.1) is 0 Å². The van der Waals surface area contributed by atoms with Crippen LogP contribution in [0.3, 0.4) is 0 Å². The van der Waals surface area contributed by atoms with E-state index in [0.717, 1.165) is 13.1 Å². The topological polar surface area (TPSA) is 37.3 Å². The summed E-state index contributed by atoms with van der Waals surface area (Å²) >= 11 is 0. The van der Waals surface area contributed by atoms with Crippen molar-refractivity contribution in [1.29, 1.82) is 0 Å². The SMILES string of the molecule is CC(=O)O.PCC(c1ccccc1)(c1ccccc1)c1ccccc1. The number of hydrogen-bond donors (Lipinski definition) is 1. The van der Waals surface area contributed by atoms with Crippen LogP contribution in [0, 0.1) is 0 Å². The van der Waals surface area contributed by atoms with Crippen molar-refractivity contribution >= 4 is 15.2 Å². The van der Waals surface area contributed by atoms with Crippen molar-refractivity contribution in [1.82, 2.24) is 0 Å². The normalized spacial score (nSPS) is 10.5. The molecular formula is C22H23O2P. The van der Waals surface area contributed by atoms with Crippen LogP contribution in [0.2, 0.25) is 0 Å². The van der Waals surface area contributed by atoms with Crippen LogP contribution in [-0.4, -0.2) is 17.2 Å². The Morgan fingerprint density at radius 3 is 1.20 bits per heavy atom. The molecule has 0 aromatic heterocycles. The number of hydrogen-bond acceptors (Lipinski definition) is 1. The number of rotatable bonds is 4. The second-order valence-electron chi connectivity index (χ2n) is 5.73. The summed E-state index contributed by atoms with van der Waals surface area (Å²) in [7, 11) is 2.94. The van der Waals surface area contributed by atoms with Crippen LogP contribution in [0.5, 0.6) is 0 Å². The molecule has 0 aliphatic rings. The number of carboxylic acids is 1. The van der Waals surface area contributed by atoms with Crippen molar-refractivity contribution in [2.75, 3.05) is 6.16 Å². The van der Waals surface area contributed by atoms with Gasteiger partial charge in [0, 0.05) is 12.3 Å². The zero-order chi connectivity index (χ0) is 18.1. The quantitative estimate of drug-likeness (QED) is 0.532. The Hall–Kier alpha value is -2.44. The molecule has 3 heteroatoms. The molecule has 0 spiro atoms. The van der Waals surface area contributed by atoms with Crippen molar-refractivity contribution in [3.63, 3.8) is 0 Å². The van der Waals surface area contributed by atoms with Crippen molar-refractivity contribution < 1.29 is 9.90 Å². The third-order valence-electron chi connectivity index (χ3n) is 4.11. The van der Waals surface area contributed by atoms with E-state index in [2.05, 4.69) is 100 Å². The average Bonchev–Trinajstić information content (AvgIpc) is 2.65. The van der Waals surface area contributed by atoms with Crippen molar-refractivity contribution in [3.8, 4) is 0 Å². The molecule has 3 aromatic carbocycles. The Morgan fingerprint density at radius 2 is 1.00 bits per heavy atom. The summed E-state index contributed by atoms with van der Waals surface area (Å²) < 4.78 is 0. The van der Waals surface area contributed by atoms with E-state index in [4.69, 9.17) is 9.90 Å². The molecule has 3 aromatic rings. The molecule has 0 aliphatic carbocycles. The lowest BCUT2D eigenvalue weighted by atomic mass is 9.71. The Morgan fingerprint density at radius 1 is 0.760 bits per heavy atom. The summed E-state index contributed by atoms with van der Waals surface area (Å²) in [6, 6.07) is 32.3. The summed E-state index contributed by atoms with van der Waals surface area (Å²) in [5, 5.41) is 7.42. The second kappa shape index (κ2) is 9.15. The van der Waals surface area contributed by atoms with Gasteiger partial charge in [-0.15, -0.1) is 9.24 Å².